The molecule has 146 valence electrons. The van der Waals surface area contributed by atoms with Crippen molar-refractivity contribution in [3.05, 3.63) is 74.7 Å². The van der Waals surface area contributed by atoms with E-state index < -0.39 is 11.7 Å². The first-order valence-electron chi connectivity index (χ1n) is 8.55. The van der Waals surface area contributed by atoms with Crippen LogP contribution in [0.5, 0.6) is 5.75 Å². The normalized spacial score (nSPS) is 11.1. The van der Waals surface area contributed by atoms with E-state index in [4.69, 9.17) is 34.8 Å². The lowest BCUT2D eigenvalue weighted by atomic mass is 10.1. The summed E-state index contributed by atoms with van der Waals surface area (Å²) >= 11 is 18.0. The van der Waals surface area contributed by atoms with Crippen molar-refractivity contribution in [2.75, 3.05) is 5.32 Å². The summed E-state index contributed by atoms with van der Waals surface area (Å²) in [5.41, 5.74) is 1.37. The third-order valence-corrected chi connectivity index (χ3v) is 5.25. The molecule has 28 heavy (non-hydrogen) atoms. The summed E-state index contributed by atoms with van der Waals surface area (Å²) in [6.45, 7) is 4.79. The van der Waals surface area contributed by atoms with Crippen molar-refractivity contribution in [2.45, 2.75) is 26.3 Å². The van der Waals surface area contributed by atoms with Crippen molar-refractivity contribution in [1.29, 1.82) is 0 Å². The largest absolute Gasteiger partial charge is 0.505 e. The molecule has 1 heterocycles. The van der Waals surface area contributed by atoms with Crippen molar-refractivity contribution < 1.29 is 9.90 Å². The van der Waals surface area contributed by atoms with Gasteiger partial charge in [0.2, 0.25) is 0 Å². The molecule has 0 aliphatic carbocycles. The maximum absolute atomic E-state index is 12.6. The number of phenols is 1. The van der Waals surface area contributed by atoms with Crippen molar-refractivity contribution in [3.63, 3.8) is 0 Å². The number of carbonyl (C=O) groups excluding carboxylic acids is 1. The fourth-order valence-corrected chi connectivity index (χ4v) is 3.58. The van der Waals surface area contributed by atoms with Gasteiger partial charge in [0.1, 0.15) is 17.1 Å². The summed E-state index contributed by atoms with van der Waals surface area (Å²) in [4.78, 5) is 17.0. The third-order valence-electron chi connectivity index (χ3n) is 4.17. The number of nitrogens with zero attached hydrogens (tertiary/aromatic N) is 2. The van der Waals surface area contributed by atoms with Gasteiger partial charge in [0.05, 0.1) is 15.1 Å². The number of imidazole rings is 1. The van der Waals surface area contributed by atoms with Gasteiger partial charge < -0.3 is 15.0 Å². The van der Waals surface area contributed by atoms with Gasteiger partial charge in [-0.05, 0) is 23.8 Å². The maximum Gasteiger partial charge on any atom is 0.261 e. The second-order valence-corrected chi connectivity index (χ2v) is 7.79. The minimum Gasteiger partial charge on any atom is -0.505 e. The molecule has 0 spiro atoms. The van der Waals surface area contributed by atoms with Gasteiger partial charge in [-0.2, -0.15) is 0 Å². The molecule has 1 aromatic heterocycles. The fraction of sp³-hybridized carbons (Fsp3) is 0.200. The second-order valence-electron chi connectivity index (χ2n) is 6.60. The number of halogens is 3. The number of rotatable bonds is 5. The number of carbonyl (C=O) groups is 1. The van der Waals surface area contributed by atoms with Gasteiger partial charge in [0, 0.05) is 30.5 Å². The highest BCUT2D eigenvalue weighted by Gasteiger charge is 2.21. The molecule has 2 N–H and O–H groups in total. The molecule has 8 heteroatoms. The maximum atomic E-state index is 12.6. The van der Waals surface area contributed by atoms with Crippen LogP contribution < -0.4 is 5.32 Å². The number of benzene rings is 2. The number of nitrogens with one attached hydrogen (secondary N) is 1. The van der Waals surface area contributed by atoms with E-state index in [9.17, 15) is 9.90 Å². The molecule has 0 saturated carbocycles. The Morgan fingerprint density at radius 1 is 1.21 bits per heavy atom. The highest BCUT2D eigenvalue weighted by atomic mass is 35.5. The first kappa shape index (κ1) is 20.5. The van der Waals surface area contributed by atoms with Crippen LogP contribution in [0.4, 0.5) is 5.69 Å². The van der Waals surface area contributed by atoms with Gasteiger partial charge in [-0.15, -0.1) is 0 Å². The molecule has 0 bridgehead atoms. The quantitative estimate of drug-likeness (QED) is 0.482. The molecule has 0 saturated heterocycles. The Labute approximate surface area is 177 Å². The zero-order valence-corrected chi connectivity index (χ0v) is 17.5. The average molecular weight is 439 g/mol. The Balaban J connectivity index is 1.84. The molecule has 0 aliphatic heterocycles. The first-order chi connectivity index (χ1) is 13.3. The molecule has 0 aliphatic rings. The topological polar surface area (TPSA) is 67.2 Å². The number of hydrogen-bond acceptors (Lipinski definition) is 3. The van der Waals surface area contributed by atoms with E-state index in [1.807, 2.05) is 24.4 Å². The summed E-state index contributed by atoms with van der Waals surface area (Å²) in [5.74, 6) is 0.273. The minimum absolute atomic E-state index is 0.0466. The fourth-order valence-electron chi connectivity index (χ4n) is 2.89. The number of aromatic nitrogens is 2. The van der Waals surface area contributed by atoms with E-state index in [2.05, 4.69) is 28.7 Å². The van der Waals surface area contributed by atoms with Gasteiger partial charge in [0.25, 0.3) is 5.91 Å². The lowest BCUT2D eigenvalue weighted by Crippen LogP contribution is -2.13. The Morgan fingerprint density at radius 2 is 1.96 bits per heavy atom. The second kappa shape index (κ2) is 8.43. The predicted molar refractivity (Wildman–Crippen MR) is 113 cm³/mol. The van der Waals surface area contributed by atoms with Gasteiger partial charge in [-0.3, -0.25) is 4.79 Å². The molecule has 3 rings (SSSR count). The number of phenolic OH excluding ortho intramolecular Hbond substituents is 1. The van der Waals surface area contributed by atoms with Crippen molar-refractivity contribution in [1.82, 2.24) is 9.55 Å². The Morgan fingerprint density at radius 3 is 2.68 bits per heavy atom. The number of anilines is 1. The van der Waals surface area contributed by atoms with E-state index in [1.165, 1.54) is 6.07 Å². The van der Waals surface area contributed by atoms with Crippen LogP contribution in [0.25, 0.3) is 0 Å². The summed E-state index contributed by atoms with van der Waals surface area (Å²) in [6.07, 6.45) is 3.70. The zero-order chi connectivity index (χ0) is 20.4. The molecular weight excluding hydrogens is 421 g/mol. The van der Waals surface area contributed by atoms with Gasteiger partial charge in [-0.1, -0.05) is 60.8 Å². The smallest absolute Gasteiger partial charge is 0.261 e. The van der Waals surface area contributed by atoms with Crippen LogP contribution in [0.3, 0.4) is 0 Å². The van der Waals surface area contributed by atoms with E-state index in [0.29, 0.717) is 18.2 Å². The van der Waals surface area contributed by atoms with Gasteiger partial charge >= 0.3 is 0 Å². The van der Waals surface area contributed by atoms with Crippen LogP contribution >= 0.6 is 34.8 Å². The van der Waals surface area contributed by atoms with Crippen molar-refractivity contribution in [2.24, 2.45) is 0 Å². The summed E-state index contributed by atoms with van der Waals surface area (Å²) < 4.78 is 2.06. The number of aromatic hydroxyl groups is 1. The lowest BCUT2D eigenvalue weighted by Gasteiger charge is -2.13. The zero-order valence-electron chi connectivity index (χ0n) is 15.2. The molecule has 0 atom stereocenters. The summed E-state index contributed by atoms with van der Waals surface area (Å²) in [7, 11) is 0. The predicted octanol–water partition coefficient (Wildman–Crippen LogP) is 5.97. The van der Waals surface area contributed by atoms with Crippen LogP contribution in [-0.2, 0) is 6.54 Å². The minimum atomic E-state index is -0.602. The monoisotopic (exact) mass is 437 g/mol. The van der Waals surface area contributed by atoms with Gasteiger partial charge in [0.15, 0.2) is 0 Å². The SMILES string of the molecule is CC(C)c1nccn1Cc1cccc(NC(=O)c2c(O)c(Cl)cc(Cl)c2Cl)c1. The van der Waals surface area contributed by atoms with E-state index >= 15 is 0 Å². The highest BCUT2D eigenvalue weighted by Crippen LogP contribution is 2.38. The standard InChI is InChI=1S/C20H18Cl3N3O2/c1-11(2)19-24-6-7-26(19)10-12-4-3-5-13(8-12)25-20(28)16-17(23)14(21)9-15(22)18(16)27/h3-9,11,27H,10H2,1-2H3,(H,25,28). The molecule has 3 aromatic rings. The summed E-state index contributed by atoms with van der Waals surface area (Å²) in [5, 5.41) is 12.8. The Kier molecular flexibility index (Phi) is 6.18. The van der Waals surface area contributed by atoms with Gasteiger partial charge in [-0.25, -0.2) is 4.98 Å². The van der Waals surface area contributed by atoms with Crippen LogP contribution in [0.15, 0.2) is 42.7 Å². The number of hydrogen-bond donors (Lipinski definition) is 2. The van der Waals surface area contributed by atoms with Crippen LogP contribution in [0.1, 0.15) is 41.5 Å². The van der Waals surface area contributed by atoms with E-state index in [1.54, 1.807) is 12.3 Å². The summed E-state index contributed by atoms with van der Waals surface area (Å²) in [6, 6.07) is 8.67. The molecule has 1 amide bonds. The van der Waals surface area contributed by atoms with Crippen LogP contribution in [0.2, 0.25) is 15.1 Å². The first-order valence-corrected chi connectivity index (χ1v) is 9.69. The molecule has 5 nitrogen and oxygen atoms in total. The van der Waals surface area contributed by atoms with E-state index in [-0.39, 0.29) is 20.6 Å². The third kappa shape index (κ3) is 4.27. The number of amides is 1. The molecule has 0 radical (unpaired) electrons. The van der Waals surface area contributed by atoms with Crippen LogP contribution in [0, 0.1) is 0 Å². The van der Waals surface area contributed by atoms with Crippen molar-refractivity contribution >= 4 is 46.4 Å². The Bertz CT molecular complexity index is 1010. The lowest BCUT2D eigenvalue weighted by molar-refractivity contribution is 0.102. The van der Waals surface area contributed by atoms with E-state index in [0.717, 1.165) is 11.4 Å². The molecular formula is C20H18Cl3N3O2. The molecule has 2 aromatic carbocycles. The average Bonchev–Trinajstić information content (AvgIpc) is 3.09. The van der Waals surface area contributed by atoms with Crippen molar-refractivity contribution in [3.8, 4) is 5.75 Å². The molecule has 0 fully saturated rings. The Hall–Kier alpha value is -2.21. The molecule has 0 unspecified atom stereocenters. The van der Waals surface area contributed by atoms with Crippen LogP contribution in [-0.4, -0.2) is 20.6 Å². The highest BCUT2D eigenvalue weighted by molar-refractivity contribution is 6.46.